The molecule has 1 heterocycles. The predicted octanol–water partition coefficient (Wildman–Crippen LogP) is -3.53. The fourth-order valence-corrected chi connectivity index (χ4v) is 3.18. The molecule has 0 aromatic carbocycles. The minimum atomic E-state index is -4.00. The second kappa shape index (κ2) is 12.2. The number of nitrogens with zero attached hydrogens (tertiary/aromatic N) is 1. The summed E-state index contributed by atoms with van der Waals surface area (Å²) in [5.41, 5.74) is 0. The zero-order chi connectivity index (χ0) is 15.3. The van der Waals surface area contributed by atoms with Gasteiger partial charge in [0.05, 0.1) is 37.3 Å². The van der Waals surface area contributed by atoms with Gasteiger partial charge in [-0.25, -0.2) is 8.42 Å². The average Bonchev–Trinajstić information content (AvgIpc) is 2.62. The molecule has 21 heavy (non-hydrogen) atoms. The van der Waals surface area contributed by atoms with Crippen molar-refractivity contribution in [1.29, 1.82) is 0 Å². The second-order valence-electron chi connectivity index (χ2n) is 6.35. The van der Waals surface area contributed by atoms with E-state index in [1.807, 2.05) is 0 Å². The van der Waals surface area contributed by atoms with Crippen LogP contribution in [0.3, 0.4) is 0 Å². The van der Waals surface area contributed by atoms with Gasteiger partial charge in [0.2, 0.25) is 0 Å². The van der Waals surface area contributed by atoms with Gasteiger partial charge in [-0.15, -0.1) is 0 Å². The Labute approximate surface area is 180 Å². The van der Waals surface area contributed by atoms with Crippen molar-refractivity contribution < 1.29 is 81.2 Å². The van der Waals surface area contributed by atoms with Crippen LogP contribution in [0.25, 0.3) is 0 Å². The van der Waals surface area contributed by atoms with E-state index in [1.165, 1.54) is 37.3 Å². The molecule has 0 radical (unpaired) electrons. The Balaban J connectivity index is -0.000000295. The maximum atomic E-state index is 10.0. The molecule has 0 bridgehead atoms. The van der Waals surface area contributed by atoms with Crippen LogP contribution >= 0.6 is 0 Å². The van der Waals surface area contributed by atoms with Crippen LogP contribution in [0.4, 0.5) is 0 Å². The molecule has 4 nitrogen and oxygen atoms in total. The van der Waals surface area contributed by atoms with Crippen molar-refractivity contribution >= 4 is 10.1 Å². The van der Waals surface area contributed by atoms with Crippen molar-refractivity contribution in [3.63, 3.8) is 0 Å². The number of halogens is 1. The minimum Gasteiger partial charge on any atom is -1.00 e. The van der Waals surface area contributed by atoms with E-state index in [-0.39, 0.29) is 63.8 Å². The summed E-state index contributed by atoms with van der Waals surface area (Å²) in [6.45, 7) is 10.5. The Kier molecular flexibility index (Phi) is 16.1. The zero-order valence-electron chi connectivity index (χ0n) is 14.7. The minimum absolute atomic E-state index is 0. The van der Waals surface area contributed by atoms with Crippen molar-refractivity contribution in [3.8, 4) is 0 Å². The number of quaternary nitrogens is 1. The standard InChI is InChI=1S/C10H22N.C4H10O3S.ClH.K/c1-5-9-7-11(3,4)8-10(9)6-2;1-3-4(2)8(5,6)7;;/h9-10H,5-8H2,1-4H3;4H,3H2,1-2H3,(H,5,6,7);1H;/q+1;;;+1/p-2. The van der Waals surface area contributed by atoms with Crippen LogP contribution in [0.1, 0.15) is 47.0 Å². The molecule has 0 spiro atoms. The van der Waals surface area contributed by atoms with Crippen LogP contribution in [0.2, 0.25) is 0 Å². The molecule has 0 aromatic rings. The third kappa shape index (κ3) is 11.1. The first-order valence-electron chi connectivity index (χ1n) is 7.34. The molecule has 1 rings (SSSR count). The van der Waals surface area contributed by atoms with Crippen LogP contribution in [-0.2, 0) is 10.1 Å². The van der Waals surface area contributed by atoms with E-state index < -0.39 is 15.4 Å². The monoisotopic (exact) mass is 367 g/mol. The largest absolute Gasteiger partial charge is 1.00 e. The van der Waals surface area contributed by atoms with Gasteiger partial charge in [0.15, 0.2) is 0 Å². The smallest absolute Gasteiger partial charge is 1.00 e. The summed E-state index contributed by atoms with van der Waals surface area (Å²) in [5, 5.41) is -0.734. The summed E-state index contributed by atoms with van der Waals surface area (Å²) in [4.78, 5) is 0. The Morgan fingerprint density at radius 1 is 1.10 bits per heavy atom. The Bertz CT molecular complexity index is 349. The molecule has 3 atom stereocenters. The van der Waals surface area contributed by atoms with Crippen molar-refractivity contribution in [1.82, 2.24) is 0 Å². The number of rotatable bonds is 4. The van der Waals surface area contributed by atoms with Crippen molar-refractivity contribution in [2.24, 2.45) is 11.8 Å². The van der Waals surface area contributed by atoms with Crippen molar-refractivity contribution in [2.45, 2.75) is 52.2 Å². The second-order valence-corrected chi connectivity index (χ2v) is 8.14. The molecule has 0 aliphatic carbocycles. The molecule has 1 fully saturated rings. The molecule has 1 aliphatic heterocycles. The van der Waals surface area contributed by atoms with Crippen LogP contribution in [0.15, 0.2) is 0 Å². The number of likely N-dealkylation sites (tertiary alicyclic amines) is 1. The molecule has 7 heteroatoms. The zero-order valence-corrected chi connectivity index (χ0v) is 19.4. The summed E-state index contributed by atoms with van der Waals surface area (Å²) in [7, 11) is 0.716. The van der Waals surface area contributed by atoms with Gasteiger partial charge in [0.25, 0.3) is 0 Å². The Morgan fingerprint density at radius 3 is 1.57 bits per heavy atom. The third-order valence-electron chi connectivity index (χ3n) is 4.24. The van der Waals surface area contributed by atoms with Crippen LogP contribution in [0, 0.1) is 11.8 Å². The molecule has 124 valence electrons. The number of hydrogen-bond acceptors (Lipinski definition) is 3. The topological polar surface area (TPSA) is 57.2 Å². The maximum Gasteiger partial charge on any atom is 1.00 e. The van der Waals surface area contributed by atoms with Crippen molar-refractivity contribution in [3.05, 3.63) is 0 Å². The maximum absolute atomic E-state index is 10.0. The quantitative estimate of drug-likeness (QED) is 0.294. The van der Waals surface area contributed by atoms with E-state index in [2.05, 4.69) is 27.9 Å². The molecule has 1 saturated heterocycles. The molecule has 1 aliphatic rings. The molecule has 0 saturated carbocycles. The molecular formula is C14H31ClKNO3S. The molecular weight excluding hydrogens is 337 g/mol. The van der Waals surface area contributed by atoms with Gasteiger partial charge in [-0.1, -0.05) is 20.8 Å². The van der Waals surface area contributed by atoms with Gasteiger partial charge in [0, 0.05) is 17.1 Å². The first kappa shape index (κ1) is 27.6. The first-order chi connectivity index (χ1) is 8.57. The van der Waals surface area contributed by atoms with Crippen LogP contribution in [-0.4, -0.2) is 49.9 Å². The van der Waals surface area contributed by atoms with Gasteiger partial charge in [-0.05, 0) is 26.2 Å². The van der Waals surface area contributed by atoms with Gasteiger partial charge in [-0.2, -0.15) is 0 Å². The summed E-state index contributed by atoms with van der Waals surface area (Å²) >= 11 is 0. The average molecular weight is 368 g/mol. The molecule has 0 N–H and O–H groups in total. The van der Waals surface area contributed by atoms with Crippen LogP contribution < -0.4 is 63.8 Å². The summed E-state index contributed by atoms with van der Waals surface area (Å²) in [5.74, 6) is 1.99. The molecule has 3 unspecified atom stereocenters. The summed E-state index contributed by atoms with van der Waals surface area (Å²) in [6.07, 6.45) is 3.15. The third-order valence-corrected chi connectivity index (χ3v) is 5.56. The van der Waals surface area contributed by atoms with Crippen molar-refractivity contribution in [2.75, 3.05) is 27.2 Å². The van der Waals surface area contributed by atoms with Gasteiger partial charge >= 0.3 is 51.4 Å². The Morgan fingerprint density at radius 2 is 1.43 bits per heavy atom. The number of hydrogen-bond donors (Lipinski definition) is 0. The predicted molar refractivity (Wildman–Crippen MR) is 78.9 cm³/mol. The van der Waals surface area contributed by atoms with E-state index in [9.17, 15) is 13.0 Å². The fraction of sp³-hybridized carbons (Fsp3) is 1.00. The van der Waals surface area contributed by atoms with Gasteiger partial charge < -0.3 is 21.4 Å². The normalized spacial score (nSPS) is 24.9. The van der Waals surface area contributed by atoms with E-state index in [1.54, 1.807) is 6.92 Å². The van der Waals surface area contributed by atoms with E-state index >= 15 is 0 Å². The molecule has 0 aromatic heterocycles. The SMILES string of the molecule is CCC(C)S(=O)(=O)[O-].CCC1C[N+](C)(C)CC1CC.[Cl-].[K+]. The van der Waals surface area contributed by atoms with Gasteiger partial charge in [0.1, 0.15) is 0 Å². The molecule has 0 amide bonds. The van der Waals surface area contributed by atoms with Crippen LogP contribution in [0.5, 0.6) is 0 Å². The first-order valence-corrected chi connectivity index (χ1v) is 8.81. The fourth-order valence-electron chi connectivity index (χ4n) is 2.77. The van der Waals surface area contributed by atoms with E-state index in [4.69, 9.17) is 0 Å². The Hall–Kier alpha value is 1.80. The van der Waals surface area contributed by atoms with E-state index in [0.29, 0.717) is 6.42 Å². The summed E-state index contributed by atoms with van der Waals surface area (Å²) < 4.78 is 31.3. The van der Waals surface area contributed by atoms with Gasteiger partial charge in [-0.3, -0.25) is 0 Å². The summed E-state index contributed by atoms with van der Waals surface area (Å²) in [6, 6.07) is 0. The van der Waals surface area contributed by atoms with E-state index in [0.717, 1.165) is 11.8 Å².